The third kappa shape index (κ3) is 2.35. The Balaban J connectivity index is 1.89. The van der Waals surface area contributed by atoms with Gasteiger partial charge < -0.3 is 10.5 Å². The van der Waals surface area contributed by atoms with Crippen molar-refractivity contribution in [2.75, 3.05) is 18.9 Å². The van der Waals surface area contributed by atoms with Crippen LogP contribution in [-0.4, -0.2) is 33.6 Å². The number of hydrogen-bond acceptors (Lipinski definition) is 5. The first kappa shape index (κ1) is 8.83. The van der Waals surface area contributed by atoms with Crippen LogP contribution in [0, 0.1) is 0 Å². The maximum absolute atomic E-state index is 5.41. The monoisotopic (exact) mass is 200 g/mol. The Morgan fingerprint density at radius 2 is 2.54 bits per heavy atom. The summed E-state index contributed by atoms with van der Waals surface area (Å²) in [7, 11) is 0. The number of nitrogen functional groups attached to an aromatic ring is 1. The molecule has 1 aromatic heterocycles. The van der Waals surface area contributed by atoms with Crippen LogP contribution in [-0.2, 0) is 4.74 Å². The highest BCUT2D eigenvalue weighted by Gasteiger charge is 2.16. The van der Waals surface area contributed by atoms with Gasteiger partial charge >= 0.3 is 0 Å². The molecule has 0 bridgehead atoms. The highest BCUT2D eigenvalue weighted by Crippen LogP contribution is 2.25. The van der Waals surface area contributed by atoms with E-state index in [1.165, 1.54) is 6.42 Å². The maximum Gasteiger partial charge on any atom is 0.216 e. The molecule has 2 rings (SSSR count). The Hall–Kier alpha value is -0.750. The molecular formula is C7H12N4OS. The van der Waals surface area contributed by atoms with Crippen LogP contribution in [0.15, 0.2) is 5.16 Å². The number of aromatic amines is 1. The number of nitrogens with one attached hydrogen (secondary N) is 1. The summed E-state index contributed by atoms with van der Waals surface area (Å²) in [6.07, 6.45) is 2.29. The lowest BCUT2D eigenvalue weighted by Crippen LogP contribution is -2.19. The van der Waals surface area contributed by atoms with Gasteiger partial charge in [-0.1, -0.05) is 11.8 Å². The first-order valence-corrected chi connectivity index (χ1v) is 5.15. The molecule has 72 valence electrons. The van der Waals surface area contributed by atoms with Crippen LogP contribution in [0.25, 0.3) is 0 Å². The minimum Gasteiger partial charge on any atom is -0.380 e. The zero-order valence-corrected chi connectivity index (χ0v) is 8.01. The van der Waals surface area contributed by atoms with Gasteiger partial charge in [0.05, 0.1) is 6.61 Å². The van der Waals surface area contributed by atoms with E-state index in [1.54, 1.807) is 11.8 Å². The van der Waals surface area contributed by atoms with E-state index in [1.807, 2.05) is 0 Å². The number of rotatable bonds is 2. The van der Waals surface area contributed by atoms with Gasteiger partial charge in [-0.3, -0.25) is 0 Å². The summed E-state index contributed by atoms with van der Waals surface area (Å²) in [5, 5.41) is 7.76. The second kappa shape index (κ2) is 3.97. The lowest BCUT2D eigenvalue weighted by atomic mass is 10.2. The van der Waals surface area contributed by atoms with Crippen molar-refractivity contribution in [2.45, 2.75) is 23.2 Å². The van der Waals surface area contributed by atoms with Gasteiger partial charge in [-0.25, -0.2) is 5.10 Å². The molecule has 1 atom stereocenters. The lowest BCUT2D eigenvalue weighted by molar-refractivity contribution is 0.101. The summed E-state index contributed by atoms with van der Waals surface area (Å²) < 4.78 is 5.34. The standard InChI is InChI=1S/C7H12N4OS/c8-6-9-7(11-10-6)13-5-2-1-3-12-4-5/h5H,1-4H2,(H3,8,9,10,11). The van der Waals surface area contributed by atoms with Gasteiger partial charge in [0.25, 0.3) is 0 Å². The Labute approximate surface area is 80.4 Å². The van der Waals surface area contributed by atoms with Gasteiger partial charge in [-0.15, -0.1) is 5.10 Å². The molecule has 3 N–H and O–H groups in total. The van der Waals surface area contributed by atoms with Crippen LogP contribution in [0.5, 0.6) is 0 Å². The number of nitrogens with two attached hydrogens (primary N) is 1. The van der Waals surface area contributed by atoms with E-state index in [-0.39, 0.29) is 0 Å². The first-order valence-electron chi connectivity index (χ1n) is 4.27. The van der Waals surface area contributed by atoms with Crippen LogP contribution in [0.2, 0.25) is 0 Å². The normalized spacial score (nSPS) is 23.2. The lowest BCUT2D eigenvalue weighted by Gasteiger charge is -2.19. The summed E-state index contributed by atoms with van der Waals surface area (Å²) in [6.45, 7) is 1.67. The Morgan fingerprint density at radius 3 is 3.15 bits per heavy atom. The molecule has 0 amide bonds. The zero-order chi connectivity index (χ0) is 9.10. The van der Waals surface area contributed by atoms with Crippen LogP contribution in [0.1, 0.15) is 12.8 Å². The molecular weight excluding hydrogens is 188 g/mol. The average molecular weight is 200 g/mol. The van der Waals surface area contributed by atoms with Crippen molar-refractivity contribution in [2.24, 2.45) is 0 Å². The number of thioether (sulfide) groups is 1. The van der Waals surface area contributed by atoms with Gasteiger partial charge in [-0.2, -0.15) is 4.98 Å². The van der Waals surface area contributed by atoms with Gasteiger partial charge in [0.1, 0.15) is 0 Å². The second-order valence-corrected chi connectivity index (χ2v) is 4.23. The topological polar surface area (TPSA) is 76.8 Å². The average Bonchev–Trinajstić information content (AvgIpc) is 2.53. The molecule has 0 spiro atoms. The number of anilines is 1. The fourth-order valence-corrected chi connectivity index (χ4v) is 2.26. The summed E-state index contributed by atoms with van der Waals surface area (Å²) in [6, 6.07) is 0. The predicted molar refractivity (Wildman–Crippen MR) is 50.5 cm³/mol. The molecule has 0 aliphatic carbocycles. The summed E-state index contributed by atoms with van der Waals surface area (Å²) >= 11 is 1.63. The second-order valence-electron chi connectivity index (χ2n) is 2.96. The molecule has 0 radical (unpaired) electrons. The third-order valence-corrected chi connectivity index (χ3v) is 2.97. The summed E-state index contributed by atoms with van der Waals surface area (Å²) in [5.74, 6) is 0.374. The largest absolute Gasteiger partial charge is 0.380 e. The molecule has 6 heteroatoms. The highest BCUT2D eigenvalue weighted by molar-refractivity contribution is 7.99. The molecule has 1 fully saturated rings. The molecule has 2 heterocycles. The Kier molecular flexibility index (Phi) is 2.70. The fraction of sp³-hybridized carbons (Fsp3) is 0.714. The predicted octanol–water partition coefficient (Wildman–Crippen LogP) is 0.658. The molecule has 1 unspecified atom stereocenters. The van der Waals surface area contributed by atoms with E-state index < -0.39 is 0 Å². The molecule has 5 nitrogen and oxygen atoms in total. The van der Waals surface area contributed by atoms with Crippen molar-refractivity contribution in [1.82, 2.24) is 15.2 Å². The van der Waals surface area contributed by atoms with Crippen LogP contribution < -0.4 is 5.73 Å². The van der Waals surface area contributed by atoms with Crippen LogP contribution in [0.3, 0.4) is 0 Å². The minimum absolute atomic E-state index is 0.374. The molecule has 1 saturated heterocycles. The van der Waals surface area contributed by atoms with Crippen LogP contribution in [0.4, 0.5) is 5.95 Å². The zero-order valence-electron chi connectivity index (χ0n) is 7.19. The molecule has 13 heavy (non-hydrogen) atoms. The molecule has 0 saturated carbocycles. The Morgan fingerprint density at radius 1 is 1.62 bits per heavy atom. The number of nitrogens with zero attached hydrogens (tertiary/aromatic N) is 2. The SMILES string of the molecule is Nc1nc(SC2CCCOC2)n[nH]1. The van der Waals surface area contributed by atoms with Crippen LogP contribution >= 0.6 is 11.8 Å². The van der Waals surface area contributed by atoms with Gasteiger partial charge in [0.2, 0.25) is 11.1 Å². The number of hydrogen-bond donors (Lipinski definition) is 2. The quantitative estimate of drug-likeness (QED) is 0.733. The summed E-state index contributed by atoms with van der Waals surface area (Å²) in [4.78, 5) is 4.02. The number of aromatic nitrogens is 3. The smallest absolute Gasteiger partial charge is 0.216 e. The van der Waals surface area contributed by atoms with Crippen molar-refractivity contribution in [3.63, 3.8) is 0 Å². The molecule has 0 aromatic carbocycles. The molecule has 1 aliphatic heterocycles. The van der Waals surface area contributed by atoms with E-state index in [9.17, 15) is 0 Å². The molecule has 1 aromatic rings. The van der Waals surface area contributed by atoms with Crippen molar-refractivity contribution in [3.05, 3.63) is 0 Å². The Bertz CT molecular complexity index is 271. The fourth-order valence-electron chi connectivity index (χ4n) is 1.26. The highest BCUT2D eigenvalue weighted by atomic mass is 32.2. The maximum atomic E-state index is 5.41. The van der Waals surface area contributed by atoms with Gasteiger partial charge in [-0.05, 0) is 12.8 Å². The van der Waals surface area contributed by atoms with Crippen molar-refractivity contribution < 1.29 is 4.74 Å². The van der Waals surface area contributed by atoms with Crippen molar-refractivity contribution in [1.29, 1.82) is 0 Å². The number of ether oxygens (including phenoxy) is 1. The van der Waals surface area contributed by atoms with Crippen molar-refractivity contribution in [3.8, 4) is 0 Å². The van der Waals surface area contributed by atoms with Gasteiger partial charge in [0, 0.05) is 11.9 Å². The van der Waals surface area contributed by atoms with Crippen molar-refractivity contribution >= 4 is 17.7 Å². The minimum atomic E-state index is 0.374. The van der Waals surface area contributed by atoms with E-state index in [0.29, 0.717) is 16.4 Å². The summed E-state index contributed by atoms with van der Waals surface area (Å²) in [5.41, 5.74) is 5.41. The molecule has 1 aliphatic rings. The van der Waals surface area contributed by atoms with Gasteiger partial charge in [0.15, 0.2) is 0 Å². The van der Waals surface area contributed by atoms with E-state index >= 15 is 0 Å². The van der Waals surface area contributed by atoms with E-state index in [4.69, 9.17) is 10.5 Å². The third-order valence-electron chi connectivity index (χ3n) is 1.87. The first-order chi connectivity index (χ1) is 6.34. The number of H-pyrrole nitrogens is 1. The van der Waals surface area contributed by atoms with E-state index in [2.05, 4.69) is 15.2 Å². The van der Waals surface area contributed by atoms with E-state index in [0.717, 1.165) is 19.6 Å².